The molecule has 3 aliphatic rings. The van der Waals surface area contributed by atoms with Gasteiger partial charge in [-0.05, 0) is 38.7 Å². The van der Waals surface area contributed by atoms with Gasteiger partial charge in [0.1, 0.15) is 12.4 Å². The van der Waals surface area contributed by atoms with Crippen LogP contribution in [0.25, 0.3) is 0 Å². The summed E-state index contributed by atoms with van der Waals surface area (Å²) in [6, 6.07) is 8.91. The van der Waals surface area contributed by atoms with Crippen LogP contribution >= 0.6 is 0 Å². The molecule has 0 spiro atoms. The summed E-state index contributed by atoms with van der Waals surface area (Å²) in [5, 5.41) is 9.03. The Labute approximate surface area is 152 Å². The van der Waals surface area contributed by atoms with Gasteiger partial charge in [-0.25, -0.2) is 0 Å². The molecule has 4 heteroatoms. The molecule has 4 nitrogen and oxygen atoms in total. The number of rotatable bonds is 7. The minimum Gasteiger partial charge on any atom is -0.491 e. The van der Waals surface area contributed by atoms with E-state index in [0.717, 1.165) is 31.3 Å². The normalized spacial score (nSPS) is 24.1. The third kappa shape index (κ3) is 5.06. The average molecular weight is 344 g/mol. The second-order valence-electron chi connectivity index (χ2n) is 7.71. The smallest absolute Gasteiger partial charge is 0.123 e. The summed E-state index contributed by atoms with van der Waals surface area (Å²) >= 11 is 0. The highest BCUT2D eigenvalue weighted by Gasteiger charge is 2.34. The highest BCUT2D eigenvalue weighted by atomic mass is 16.5. The van der Waals surface area contributed by atoms with Gasteiger partial charge in [-0.2, -0.15) is 0 Å². The molecule has 0 radical (unpaired) electrons. The minimum absolute atomic E-state index is 0.0571. The van der Waals surface area contributed by atoms with Gasteiger partial charge >= 0.3 is 0 Å². The molecule has 4 rings (SSSR count). The van der Waals surface area contributed by atoms with Crippen LogP contribution in [0, 0.1) is 5.92 Å². The number of nitrogens with zero attached hydrogens (tertiary/aromatic N) is 2. The van der Waals surface area contributed by atoms with E-state index >= 15 is 0 Å². The summed E-state index contributed by atoms with van der Waals surface area (Å²) in [6.45, 7) is 10.4. The van der Waals surface area contributed by atoms with Gasteiger partial charge in [0.2, 0.25) is 0 Å². The van der Waals surface area contributed by atoms with Gasteiger partial charge in [-0.15, -0.1) is 0 Å². The first-order valence-electron chi connectivity index (χ1n) is 9.57. The number of hydrogen-bond donors (Lipinski definition) is 1. The van der Waals surface area contributed by atoms with E-state index in [2.05, 4.69) is 41.9 Å². The van der Waals surface area contributed by atoms with Crippen LogP contribution in [0.5, 0.6) is 5.75 Å². The third-order valence-corrected chi connectivity index (χ3v) is 5.35. The first-order chi connectivity index (χ1) is 12.2. The van der Waals surface area contributed by atoms with Gasteiger partial charge in [-0.1, -0.05) is 29.8 Å². The average Bonchev–Trinajstić information content (AvgIpc) is 2.89. The second-order valence-corrected chi connectivity index (χ2v) is 7.71. The number of ether oxygens (including phenoxy) is 1. The van der Waals surface area contributed by atoms with Crippen molar-refractivity contribution in [3.8, 4) is 5.75 Å². The fraction of sp³-hybridized carbons (Fsp3) is 0.619. The summed E-state index contributed by atoms with van der Waals surface area (Å²) in [5.41, 5.74) is 2.64. The van der Waals surface area contributed by atoms with E-state index in [-0.39, 0.29) is 6.61 Å². The van der Waals surface area contributed by atoms with Crippen molar-refractivity contribution >= 4 is 0 Å². The maximum Gasteiger partial charge on any atom is 0.123 e. The number of aliphatic hydroxyl groups excluding tert-OH is 1. The quantitative estimate of drug-likeness (QED) is 0.772. The first kappa shape index (κ1) is 18.4. The Morgan fingerprint density at radius 3 is 2.84 bits per heavy atom. The Morgan fingerprint density at radius 2 is 2.04 bits per heavy atom. The van der Waals surface area contributed by atoms with Gasteiger partial charge in [0.15, 0.2) is 0 Å². The Bertz CT molecular complexity index is 583. The van der Waals surface area contributed by atoms with Crippen molar-refractivity contribution < 1.29 is 9.84 Å². The Morgan fingerprint density at radius 1 is 1.20 bits per heavy atom. The van der Waals surface area contributed by atoms with Crippen LogP contribution in [0.3, 0.4) is 0 Å². The van der Waals surface area contributed by atoms with E-state index in [1.165, 1.54) is 37.1 Å². The van der Waals surface area contributed by atoms with Crippen molar-refractivity contribution in [1.29, 1.82) is 0 Å². The number of piperidine rings is 1. The van der Waals surface area contributed by atoms with Crippen LogP contribution in [0.4, 0.5) is 0 Å². The highest BCUT2D eigenvalue weighted by molar-refractivity contribution is 5.33. The fourth-order valence-corrected chi connectivity index (χ4v) is 4.10. The van der Waals surface area contributed by atoms with E-state index in [4.69, 9.17) is 9.84 Å². The number of benzene rings is 1. The lowest BCUT2D eigenvalue weighted by Gasteiger charge is -2.35. The van der Waals surface area contributed by atoms with E-state index in [0.29, 0.717) is 12.6 Å². The molecule has 0 saturated carbocycles. The SMILES string of the molecule is CC(C)=CCN1C[C@@H]2CC[C@H]1CN(Cc1ccccc1OCCO)C2. The Balaban J connectivity index is 1.66. The Kier molecular flexibility index (Phi) is 6.51. The topological polar surface area (TPSA) is 35.9 Å². The molecule has 2 atom stereocenters. The lowest BCUT2D eigenvalue weighted by Crippen LogP contribution is -2.43. The fourth-order valence-electron chi connectivity index (χ4n) is 4.10. The third-order valence-electron chi connectivity index (χ3n) is 5.35. The number of para-hydroxylation sites is 1. The van der Waals surface area contributed by atoms with Crippen LogP contribution < -0.4 is 4.74 Å². The molecule has 3 heterocycles. The number of hydrogen-bond acceptors (Lipinski definition) is 4. The molecule has 1 aromatic rings. The van der Waals surface area contributed by atoms with Crippen LogP contribution in [0.1, 0.15) is 32.3 Å². The van der Waals surface area contributed by atoms with Crippen molar-refractivity contribution in [1.82, 2.24) is 9.80 Å². The first-order valence-corrected chi connectivity index (χ1v) is 9.57. The van der Waals surface area contributed by atoms with Gasteiger partial charge in [0.05, 0.1) is 6.61 Å². The van der Waals surface area contributed by atoms with Crippen LogP contribution in [-0.2, 0) is 6.54 Å². The number of allylic oxidation sites excluding steroid dienone is 1. The summed E-state index contributed by atoms with van der Waals surface area (Å²) < 4.78 is 5.72. The molecule has 2 bridgehead atoms. The zero-order valence-electron chi connectivity index (χ0n) is 15.7. The molecule has 1 aromatic carbocycles. The van der Waals surface area contributed by atoms with Crippen molar-refractivity contribution in [2.24, 2.45) is 5.92 Å². The van der Waals surface area contributed by atoms with Crippen LogP contribution in [-0.4, -0.2) is 60.3 Å². The summed E-state index contributed by atoms with van der Waals surface area (Å²) in [4.78, 5) is 5.28. The monoisotopic (exact) mass is 344 g/mol. The van der Waals surface area contributed by atoms with Gasteiger partial charge < -0.3 is 9.84 Å². The largest absolute Gasteiger partial charge is 0.491 e. The molecular weight excluding hydrogens is 312 g/mol. The summed E-state index contributed by atoms with van der Waals surface area (Å²) in [6.07, 6.45) is 5.04. The van der Waals surface area contributed by atoms with Gasteiger partial charge in [-0.3, -0.25) is 9.80 Å². The molecule has 25 heavy (non-hydrogen) atoms. The van der Waals surface area contributed by atoms with Crippen LogP contribution in [0.2, 0.25) is 0 Å². The number of aliphatic hydroxyl groups is 1. The maximum absolute atomic E-state index is 9.03. The molecule has 138 valence electrons. The van der Waals surface area contributed by atoms with E-state index in [9.17, 15) is 0 Å². The predicted molar refractivity (Wildman–Crippen MR) is 102 cm³/mol. The molecule has 0 amide bonds. The standard InChI is InChI=1S/C21H32N2O2/c1-17(2)9-10-23-14-18-7-8-20(23)16-22(13-18)15-19-5-3-4-6-21(19)25-12-11-24/h3-6,9,18,20,24H,7-8,10-16H2,1-2H3/t18-,20+/m1/s1. The lowest BCUT2D eigenvalue weighted by atomic mass is 9.95. The summed E-state index contributed by atoms with van der Waals surface area (Å²) in [7, 11) is 0. The molecule has 3 aliphatic heterocycles. The van der Waals surface area contributed by atoms with E-state index < -0.39 is 0 Å². The molecule has 1 N–H and O–H groups in total. The molecule has 0 aromatic heterocycles. The highest BCUT2D eigenvalue weighted by Crippen LogP contribution is 2.30. The van der Waals surface area contributed by atoms with E-state index in [1.54, 1.807) is 0 Å². The molecule has 3 fully saturated rings. The van der Waals surface area contributed by atoms with Gasteiger partial charge in [0, 0.05) is 44.3 Å². The molecule has 3 saturated heterocycles. The van der Waals surface area contributed by atoms with Crippen molar-refractivity contribution in [3.05, 3.63) is 41.5 Å². The molecule has 0 aliphatic carbocycles. The summed E-state index contributed by atoms with van der Waals surface area (Å²) in [5.74, 6) is 1.68. The molecule has 0 unspecified atom stereocenters. The van der Waals surface area contributed by atoms with Crippen LogP contribution in [0.15, 0.2) is 35.9 Å². The predicted octanol–water partition coefficient (Wildman–Crippen LogP) is 2.92. The Hall–Kier alpha value is -1.36. The minimum atomic E-state index is 0.0571. The zero-order chi connectivity index (χ0) is 17.6. The lowest BCUT2D eigenvalue weighted by molar-refractivity contribution is 0.146. The van der Waals surface area contributed by atoms with Crippen molar-refractivity contribution in [2.45, 2.75) is 39.3 Å². The maximum atomic E-state index is 9.03. The molecular formula is C21H32N2O2. The van der Waals surface area contributed by atoms with Crippen molar-refractivity contribution in [3.63, 3.8) is 0 Å². The van der Waals surface area contributed by atoms with Gasteiger partial charge in [0.25, 0.3) is 0 Å². The number of fused-ring (bicyclic) bond motifs is 4. The zero-order valence-corrected chi connectivity index (χ0v) is 15.7. The van der Waals surface area contributed by atoms with Crippen molar-refractivity contribution in [2.75, 3.05) is 39.4 Å². The van der Waals surface area contributed by atoms with E-state index in [1.807, 2.05) is 12.1 Å². The second kappa shape index (κ2) is 8.84.